The molecule has 4 heteroatoms. The van der Waals surface area contributed by atoms with Gasteiger partial charge in [-0.05, 0) is 26.0 Å². The summed E-state index contributed by atoms with van der Waals surface area (Å²) in [4.78, 5) is 0. The summed E-state index contributed by atoms with van der Waals surface area (Å²) in [6.45, 7) is 2.88. The van der Waals surface area contributed by atoms with Crippen LogP contribution in [0.1, 0.15) is 18.9 Å². The van der Waals surface area contributed by atoms with Crippen LogP contribution >= 0.6 is 0 Å². The highest BCUT2D eigenvalue weighted by Gasteiger charge is 2.04. The van der Waals surface area contributed by atoms with Gasteiger partial charge >= 0.3 is 0 Å². The molecule has 15 heavy (non-hydrogen) atoms. The highest BCUT2D eigenvalue weighted by atomic mass is 16.3. The molecular weight excluding hydrogens is 194 g/mol. The van der Waals surface area contributed by atoms with Crippen LogP contribution < -0.4 is 5.32 Å². The van der Waals surface area contributed by atoms with E-state index in [1.54, 1.807) is 19.1 Å². The second-order valence-corrected chi connectivity index (χ2v) is 3.60. The van der Waals surface area contributed by atoms with Gasteiger partial charge in [0, 0.05) is 12.1 Å². The van der Waals surface area contributed by atoms with Crippen molar-refractivity contribution >= 4 is 0 Å². The van der Waals surface area contributed by atoms with E-state index in [0.29, 0.717) is 25.1 Å². The van der Waals surface area contributed by atoms with Crippen molar-refractivity contribution in [2.45, 2.75) is 26.0 Å². The number of aromatic hydroxyl groups is 2. The second kappa shape index (κ2) is 5.58. The van der Waals surface area contributed by atoms with Crippen molar-refractivity contribution in [3.05, 3.63) is 23.8 Å². The fourth-order valence-corrected chi connectivity index (χ4v) is 1.25. The summed E-state index contributed by atoms with van der Waals surface area (Å²) < 4.78 is 0. The molecule has 0 aliphatic rings. The van der Waals surface area contributed by atoms with Crippen molar-refractivity contribution in [2.75, 3.05) is 6.54 Å². The van der Waals surface area contributed by atoms with Crippen LogP contribution in [0.2, 0.25) is 0 Å². The van der Waals surface area contributed by atoms with E-state index in [1.807, 2.05) is 0 Å². The monoisotopic (exact) mass is 211 g/mol. The van der Waals surface area contributed by atoms with Gasteiger partial charge in [-0.2, -0.15) is 0 Å². The van der Waals surface area contributed by atoms with Crippen LogP contribution in [0.3, 0.4) is 0 Å². The van der Waals surface area contributed by atoms with Gasteiger partial charge in [0.15, 0.2) is 11.5 Å². The molecule has 0 radical (unpaired) electrons. The number of aliphatic hydroxyl groups is 1. The van der Waals surface area contributed by atoms with E-state index in [9.17, 15) is 10.2 Å². The van der Waals surface area contributed by atoms with Gasteiger partial charge in [-0.25, -0.2) is 0 Å². The molecule has 1 unspecified atom stereocenters. The van der Waals surface area contributed by atoms with Crippen molar-refractivity contribution in [1.82, 2.24) is 5.32 Å². The lowest BCUT2D eigenvalue weighted by atomic mass is 10.2. The third-order valence-corrected chi connectivity index (χ3v) is 2.15. The summed E-state index contributed by atoms with van der Waals surface area (Å²) in [6, 6.07) is 4.86. The lowest BCUT2D eigenvalue weighted by Gasteiger charge is -2.08. The largest absolute Gasteiger partial charge is 0.504 e. The topological polar surface area (TPSA) is 72.7 Å². The Kier molecular flexibility index (Phi) is 4.39. The van der Waals surface area contributed by atoms with Crippen molar-refractivity contribution < 1.29 is 15.3 Å². The summed E-state index contributed by atoms with van der Waals surface area (Å²) in [5.41, 5.74) is 0.653. The minimum atomic E-state index is -0.324. The molecule has 4 nitrogen and oxygen atoms in total. The zero-order valence-corrected chi connectivity index (χ0v) is 8.77. The first-order valence-electron chi connectivity index (χ1n) is 5.00. The molecule has 0 saturated carbocycles. The third-order valence-electron chi connectivity index (χ3n) is 2.15. The maximum absolute atomic E-state index is 9.47. The Balaban J connectivity index is 2.41. The average molecular weight is 211 g/mol. The summed E-state index contributed by atoms with van der Waals surface area (Å²) >= 11 is 0. The fourth-order valence-electron chi connectivity index (χ4n) is 1.25. The van der Waals surface area contributed by atoms with Crippen molar-refractivity contribution in [1.29, 1.82) is 0 Å². The third kappa shape index (κ3) is 3.77. The molecule has 1 aromatic rings. The Morgan fingerprint density at radius 1 is 1.33 bits per heavy atom. The highest BCUT2D eigenvalue weighted by molar-refractivity contribution is 5.44. The molecule has 0 aromatic heterocycles. The number of phenols is 2. The molecule has 0 aliphatic carbocycles. The van der Waals surface area contributed by atoms with Crippen LogP contribution in [0.5, 0.6) is 11.5 Å². The Bertz CT molecular complexity index is 313. The predicted molar refractivity (Wildman–Crippen MR) is 57.8 cm³/mol. The number of aliphatic hydroxyl groups excluding tert-OH is 1. The van der Waals surface area contributed by atoms with Crippen LogP contribution in [0.15, 0.2) is 18.2 Å². The zero-order chi connectivity index (χ0) is 11.3. The van der Waals surface area contributed by atoms with Crippen LogP contribution in [0, 0.1) is 0 Å². The van der Waals surface area contributed by atoms with Crippen molar-refractivity contribution in [3.8, 4) is 11.5 Å². The number of benzene rings is 1. The van der Waals surface area contributed by atoms with E-state index in [4.69, 9.17) is 5.11 Å². The van der Waals surface area contributed by atoms with Gasteiger partial charge in [-0.15, -0.1) is 0 Å². The Morgan fingerprint density at radius 2 is 2.07 bits per heavy atom. The molecule has 1 rings (SSSR count). The quantitative estimate of drug-likeness (QED) is 0.432. The molecule has 84 valence electrons. The van der Waals surface area contributed by atoms with Gasteiger partial charge in [0.1, 0.15) is 0 Å². The maximum Gasteiger partial charge on any atom is 0.161 e. The van der Waals surface area contributed by atoms with E-state index >= 15 is 0 Å². The van der Waals surface area contributed by atoms with Crippen LogP contribution in [0.4, 0.5) is 0 Å². The summed E-state index contributed by atoms with van der Waals surface area (Å²) in [7, 11) is 0. The van der Waals surface area contributed by atoms with E-state index in [2.05, 4.69) is 5.32 Å². The fraction of sp³-hybridized carbons (Fsp3) is 0.455. The van der Waals surface area contributed by atoms with Gasteiger partial charge in [0.25, 0.3) is 0 Å². The number of phenolic OH excluding ortho intramolecular Hbond substituents is 2. The molecule has 0 saturated heterocycles. The molecule has 1 atom stereocenters. The number of hydrogen-bond donors (Lipinski definition) is 4. The SMILES string of the molecule is CC(O)CCNCc1cccc(O)c1O. The number of nitrogens with one attached hydrogen (secondary N) is 1. The zero-order valence-electron chi connectivity index (χ0n) is 8.77. The molecule has 0 heterocycles. The molecule has 1 aromatic carbocycles. The standard InChI is InChI=1S/C11H17NO3/c1-8(13)5-6-12-7-9-3-2-4-10(14)11(9)15/h2-4,8,12-15H,5-7H2,1H3. The smallest absolute Gasteiger partial charge is 0.161 e. The first kappa shape index (κ1) is 11.8. The number of rotatable bonds is 5. The van der Waals surface area contributed by atoms with Gasteiger partial charge in [0.05, 0.1) is 6.10 Å². The molecule has 0 aliphatic heterocycles. The van der Waals surface area contributed by atoms with Gasteiger partial charge < -0.3 is 20.6 Å². The molecule has 0 bridgehead atoms. The molecule has 0 spiro atoms. The summed E-state index contributed by atoms with van der Waals surface area (Å²) in [5, 5.41) is 30.8. The highest BCUT2D eigenvalue weighted by Crippen LogP contribution is 2.27. The number of para-hydroxylation sites is 1. The first-order valence-corrected chi connectivity index (χ1v) is 5.00. The molecular formula is C11H17NO3. The second-order valence-electron chi connectivity index (χ2n) is 3.60. The van der Waals surface area contributed by atoms with Crippen molar-refractivity contribution in [2.24, 2.45) is 0 Å². The van der Waals surface area contributed by atoms with Crippen LogP contribution in [0.25, 0.3) is 0 Å². The van der Waals surface area contributed by atoms with Gasteiger partial charge in [0.2, 0.25) is 0 Å². The van der Waals surface area contributed by atoms with Gasteiger partial charge in [-0.3, -0.25) is 0 Å². The lowest BCUT2D eigenvalue weighted by molar-refractivity contribution is 0.183. The lowest BCUT2D eigenvalue weighted by Crippen LogP contribution is -2.18. The number of hydrogen-bond acceptors (Lipinski definition) is 4. The van der Waals surface area contributed by atoms with Crippen LogP contribution in [-0.2, 0) is 6.54 Å². The first-order chi connectivity index (χ1) is 7.11. The van der Waals surface area contributed by atoms with E-state index in [-0.39, 0.29) is 17.6 Å². The summed E-state index contributed by atoms with van der Waals surface area (Å²) in [5.74, 6) is -0.188. The minimum absolute atomic E-state index is 0.0814. The van der Waals surface area contributed by atoms with E-state index in [1.165, 1.54) is 6.07 Å². The Morgan fingerprint density at radius 3 is 2.73 bits per heavy atom. The van der Waals surface area contributed by atoms with E-state index < -0.39 is 0 Å². The normalized spacial score (nSPS) is 12.7. The van der Waals surface area contributed by atoms with Crippen molar-refractivity contribution in [3.63, 3.8) is 0 Å². The Labute approximate surface area is 89.2 Å². The Hall–Kier alpha value is -1.26. The average Bonchev–Trinajstić information content (AvgIpc) is 2.18. The predicted octanol–water partition coefficient (Wildman–Crippen LogP) is 0.958. The molecule has 0 amide bonds. The molecule has 0 fully saturated rings. The minimum Gasteiger partial charge on any atom is -0.504 e. The van der Waals surface area contributed by atoms with Crippen LogP contribution in [-0.4, -0.2) is 28.0 Å². The maximum atomic E-state index is 9.47. The summed E-state index contributed by atoms with van der Waals surface area (Å²) in [6.07, 6.45) is 0.342. The van der Waals surface area contributed by atoms with Gasteiger partial charge in [-0.1, -0.05) is 12.1 Å². The van der Waals surface area contributed by atoms with E-state index in [0.717, 1.165) is 0 Å². The molecule has 4 N–H and O–H groups in total.